The number of Topliss-reactive ketones (excluding diaryl/α,β-unsaturated/α-hetero) is 2. The molecule has 1 aliphatic carbocycles. The smallest absolute Gasteiger partial charge is 0.306 e. The minimum atomic E-state index is -0.614. The molecular formula is C22H22O4. The molecule has 4 nitrogen and oxygen atoms in total. The van der Waals surface area contributed by atoms with Crippen molar-refractivity contribution in [3.05, 3.63) is 60.2 Å². The van der Waals surface area contributed by atoms with Crippen LogP contribution in [-0.2, 0) is 14.3 Å². The molecule has 0 aliphatic heterocycles. The number of carbonyl (C=O) groups excluding carboxylic acids is 3. The minimum absolute atomic E-state index is 0.00303. The third-order valence-corrected chi connectivity index (χ3v) is 4.64. The molecule has 1 aliphatic rings. The Bertz CT molecular complexity index is 778. The van der Waals surface area contributed by atoms with E-state index in [1.54, 1.807) is 12.1 Å². The summed E-state index contributed by atoms with van der Waals surface area (Å²) in [5, 5.41) is 0. The molecule has 2 aromatic carbocycles. The molecule has 0 aromatic heterocycles. The first-order chi connectivity index (χ1) is 12.6. The molecular weight excluding hydrogens is 328 g/mol. The number of ether oxygens (including phenoxy) is 1. The van der Waals surface area contributed by atoms with Crippen LogP contribution < -0.4 is 0 Å². The number of ketones is 2. The molecule has 0 heterocycles. The number of carbonyl (C=O) groups is 3. The van der Waals surface area contributed by atoms with Crippen molar-refractivity contribution in [2.45, 2.75) is 44.6 Å². The van der Waals surface area contributed by atoms with Gasteiger partial charge in [-0.2, -0.15) is 0 Å². The monoisotopic (exact) mass is 350 g/mol. The van der Waals surface area contributed by atoms with Crippen LogP contribution in [0.4, 0.5) is 0 Å². The largest absolute Gasteiger partial charge is 0.454 e. The summed E-state index contributed by atoms with van der Waals surface area (Å²) in [6.45, 7) is 0. The lowest BCUT2D eigenvalue weighted by atomic mass is 9.96. The Morgan fingerprint density at radius 1 is 0.885 bits per heavy atom. The van der Waals surface area contributed by atoms with E-state index in [0.29, 0.717) is 18.4 Å². The first-order valence-corrected chi connectivity index (χ1v) is 9.04. The van der Waals surface area contributed by atoms with Crippen LogP contribution in [-0.4, -0.2) is 23.6 Å². The maximum Gasteiger partial charge on any atom is 0.306 e. The molecule has 2 aromatic rings. The van der Waals surface area contributed by atoms with E-state index in [1.807, 2.05) is 42.5 Å². The molecule has 26 heavy (non-hydrogen) atoms. The fourth-order valence-electron chi connectivity index (χ4n) is 3.13. The van der Waals surface area contributed by atoms with E-state index in [1.165, 1.54) is 0 Å². The molecule has 0 radical (unpaired) electrons. The van der Waals surface area contributed by atoms with Gasteiger partial charge in [0.05, 0.1) is 6.42 Å². The van der Waals surface area contributed by atoms with Crippen molar-refractivity contribution in [1.29, 1.82) is 0 Å². The highest BCUT2D eigenvalue weighted by atomic mass is 16.5. The Morgan fingerprint density at radius 2 is 1.58 bits per heavy atom. The molecule has 0 bridgehead atoms. The van der Waals surface area contributed by atoms with Crippen molar-refractivity contribution in [3.63, 3.8) is 0 Å². The molecule has 134 valence electrons. The van der Waals surface area contributed by atoms with Gasteiger partial charge in [0.15, 0.2) is 17.7 Å². The molecule has 1 saturated carbocycles. The summed E-state index contributed by atoms with van der Waals surface area (Å²) in [4.78, 5) is 35.9. The Hall–Kier alpha value is -2.75. The third kappa shape index (κ3) is 4.66. The third-order valence-electron chi connectivity index (χ3n) is 4.64. The van der Waals surface area contributed by atoms with Crippen LogP contribution in [0.25, 0.3) is 11.1 Å². The first-order valence-electron chi connectivity index (χ1n) is 9.04. The van der Waals surface area contributed by atoms with Crippen LogP contribution in [0.15, 0.2) is 54.6 Å². The predicted octanol–water partition coefficient (Wildman–Crippen LogP) is 4.37. The fourth-order valence-corrected chi connectivity index (χ4v) is 3.13. The van der Waals surface area contributed by atoms with Crippen LogP contribution in [0.5, 0.6) is 0 Å². The summed E-state index contributed by atoms with van der Waals surface area (Å²) in [5.41, 5.74) is 2.70. The molecule has 3 rings (SSSR count). The molecule has 0 amide bonds. The highest BCUT2D eigenvalue weighted by molar-refractivity contribution is 5.98. The minimum Gasteiger partial charge on any atom is -0.454 e. The van der Waals surface area contributed by atoms with Crippen LogP contribution in [0.2, 0.25) is 0 Å². The summed E-state index contributed by atoms with van der Waals surface area (Å²) < 4.78 is 5.23. The molecule has 1 fully saturated rings. The summed E-state index contributed by atoms with van der Waals surface area (Å²) in [6, 6.07) is 17.3. The second-order valence-corrected chi connectivity index (χ2v) is 6.56. The predicted molar refractivity (Wildman–Crippen MR) is 98.8 cm³/mol. The van der Waals surface area contributed by atoms with Crippen molar-refractivity contribution < 1.29 is 19.1 Å². The van der Waals surface area contributed by atoms with Gasteiger partial charge in [0.25, 0.3) is 0 Å². The summed E-state index contributed by atoms with van der Waals surface area (Å²) >= 11 is 0. The van der Waals surface area contributed by atoms with Gasteiger partial charge in [0.2, 0.25) is 0 Å². The van der Waals surface area contributed by atoms with E-state index in [-0.39, 0.29) is 24.4 Å². The molecule has 0 N–H and O–H groups in total. The van der Waals surface area contributed by atoms with E-state index in [2.05, 4.69) is 0 Å². The van der Waals surface area contributed by atoms with Crippen molar-refractivity contribution in [2.24, 2.45) is 0 Å². The number of esters is 1. The van der Waals surface area contributed by atoms with Crippen LogP contribution in [0.1, 0.15) is 48.9 Å². The Labute approximate surface area is 153 Å². The number of benzene rings is 2. The zero-order valence-electron chi connectivity index (χ0n) is 14.6. The zero-order valence-corrected chi connectivity index (χ0v) is 14.6. The second-order valence-electron chi connectivity index (χ2n) is 6.56. The zero-order chi connectivity index (χ0) is 18.4. The molecule has 4 heteroatoms. The number of hydrogen-bond donors (Lipinski definition) is 0. The lowest BCUT2D eigenvalue weighted by Crippen LogP contribution is -2.30. The highest BCUT2D eigenvalue weighted by Gasteiger charge is 2.25. The van der Waals surface area contributed by atoms with Gasteiger partial charge in [-0.1, -0.05) is 54.6 Å². The Balaban J connectivity index is 1.51. The van der Waals surface area contributed by atoms with E-state index >= 15 is 0 Å². The summed E-state index contributed by atoms with van der Waals surface area (Å²) in [5.74, 6) is -0.580. The number of rotatable bonds is 6. The van der Waals surface area contributed by atoms with Gasteiger partial charge in [-0.05, 0) is 30.4 Å². The topological polar surface area (TPSA) is 60.4 Å². The van der Waals surface area contributed by atoms with Crippen LogP contribution in [0.3, 0.4) is 0 Å². The lowest BCUT2D eigenvalue weighted by Gasteiger charge is -2.20. The van der Waals surface area contributed by atoms with Gasteiger partial charge >= 0.3 is 5.97 Å². The standard InChI is InChI=1S/C22H22O4/c23-19(14-15-22(25)26-21-9-5-4-8-20(21)24)18-12-10-17(11-13-18)16-6-2-1-3-7-16/h1-3,6-7,10-13,21H,4-5,8-9,14-15H2/t21-/m0/s1. The lowest BCUT2D eigenvalue weighted by molar-refractivity contribution is -0.156. The fraction of sp³-hybridized carbons (Fsp3) is 0.318. The van der Waals surface area contributed by atoms with Crippen LogP contribution >= 0.6 is 0 Å². The van der Waals surface area contributed by atoms with Gasteiger partial charge in [-0.15, -0.1) is 0 Å². The maximum absolute atomic E-state index is 12.3. The molecule has 0 spiro atoms. The Morgan fingerprint density at radius 3 is 2.27 bits per heavy atom. The van der Waals surface area contributed by atoms with E-state index in [0.717, 1.165) is 24.0 Å². The van der Waals surface area contributed by atoms with Gasteiger partial charge in [0.1, 0.15) is 0 Å². The first kappa shape index (κ1) is 18.1. The summed E-state index contributed by atoms with van der Waals surface area (Å²) in [7, 11) is 0. The SMILES string of the molecule is O=C(CCC(=O)c1ccc(-c2ccccc2)cc1)O[C@H]1CCCCC1=O. The quantitative estimate of drug-likeness (QED) is 0.573. The van der Waals surface area contributed by atoms with E-state index in [9.17, 15) is 14.4 Å². The van der Waals surface area contributed by atoms with Gasteiger partial charge in [-0.25, -0.2) is 0 Å². The van der Waals surface area contributed by atoms with Crippen molar-refractivity contribution in [1.82, 2.24) is 0 Å². The molecule has 0 unspecified atom stereocenters. The average molecular weight is 350 g/mol. The van der Waals surface area contributed by atoms with Crippen molar-refractivity contribution in [3.8, 4) is 11.1 Å². The Kier molecular flexibility index (Phi) is 5.95. The molecule has 1 atom stereocenters. The summed E-state index contributed by atoms with van der Waals surface area (Å²) in [6.07, 6.45) is 2.31. The van der Waals surface area contributed by atoms with Crippen LogP contribution in [0, 0.1) is 0 Å². The average Bonchev–Trinajstić information content (AvgIpc) is 2.69. The maximum atomic E-state index is 12.3. The normalized spacial score (nSPS) is 16.9. The van der Waals surface area contributed by atoms with Gasteiger partial charge < -0.3 is 4.74 Å². The van der Waals surface area contributed by atoms with Gasteiger partial charge in [0, 0.05) is 18.4 Å². The number of hydrogen-bond acceptors (Lipinski definition) is 4. The van der Waals surface area contributed by atoms with Gasteiger partial charge in [-0.3, -0.25) is 14.4 Å². The highest BCUT2D eigenvalue weighted by Crippen LogP contribution is 2.21. The van der Waals surface area contributed by atoms with E-state index in [4.69, 9.17) is 4.74 Å². The van der Waals surface area contributed by atoms with Crippen molar-refractivity contribution in [2.75, 3.05) is 0 Å². The second kappa shape index (κ2) is 8.56. The van der Waals surface area contributed by atoms with Crippen molar-refractivity contribution >= 4 is 17.5 Å². The van der Waals surface area contributed by atoms with E-state index < -0.39 is 12.1 Å². The molecule has 0 saturated heterocycles.